The van der Waals surface area contributed by atoms with Gasteiger partial charge in [-0.3, -0.25) is 4.98 Å². The number of fused-ring (bicyclic) bond motifs is 1. The molecule has 6 nitrogen and oxygen atoms in total. The summed E-state index contributed by atoms with van der Waals surface area (Å²) in [7, 11) is 2.16. The molecule has 2 heterocycles. The van der Waals surface area contributed by atoms with Crippen molar-refractivity contribution in [3.8, 4) is 0 Å². The number of pyridine rings is 1. The van der Waals surface area contributed by atoms with Crippen LogP contribution in [-0.4, -0.2) is 66.5 Å². The Morgan fingerprint density at radius 1 is 1.36 bits per heavy atom. The van der Waals surface area contributed by atoms with E-state index < -0.39 is 12.1 Å². The van der Waals surface area contributed by atoms with Gasteiger partial charge in [0.2, 0.25) is 0 Å². The average Bonchev–Trinajstić information content (AvgIpc) is 2.62. The third-order valence-corrected chi connectivity index (χ3v) is 4.12. The van der Waals surface area contributed by atoms with Crippen LogP contribution in [-0.2, 0) is 16.1 Å². The Kier molecular flexibility index (Phi) is 7.73. The molecule has 0 amide bonds. The number of halogens is 3. The van der Waals surface area contributed by atoms with Gasteiger partial charge < -0.3 is 20.1 Å². The van der Waals surface area contributed by atoms with Gasteiger partial charge in [0.1, 0.15) is 0 Å². The fourth-order valence-electron chi connectivity index (χ4n) is 2.86. The van der Waals surface area contributed by atoms with E-state index in [0.29, 0.717) is 6.04 Å². The first-order chi connectivity index (χ1) is 13.1. The highest BCUT2D eigenvalue weighted by molar-refractivity contribution is 5.79. The summed E-state index contributed by atoms with van der Waals surface area (Å²) in [6, 6.07) is 11.2. The minimum atomic E-state index is -5.08. The molecule has 1 atom stereocenters. The van der Waals surface area contributed by atoms with Crippen molar-refractivity contribution in [1.29, 1.82) is 0 Å². The Morgan fingerprint density at radius 3 is 2.68 bits per heavy atom. The Balaban J connectivity index is 0.000000345. The molecule has 0 radical (unpaired) electrons. The lowest BCUT2D eigenvalue weighted by atomic mass is 10.1. The number of hydrogen-bond acceptors (Lipinski definition) is 5. The van der Waals surface area contributed by atoms with Crippen molar-refractivity contribution in [1.82, 2.24) is 15.2 Å². The Morgan fingerprint density at radius 2 is 2.07 bits per heavy atom. The van der Waals surface area contributed by atoms with Crippen molar-refractivity contribution in [2.45, 2.75) is 25.7 Å². The van der Waals surface area contributed by atoms with Crippen LogP contribution in [0.4, 0.5) is 13.2 Å². The number of benzene rings is 1. The first kappa shape index (κ1) is 22.1. The maximum absolute atomic E-state index is 10.6. The smallest absolute Gasteiger partial charge is 0.475 e. The molecule has 1 unspecified atom stereocenters. The lowest BCUT2D eigenvalue weighted by Gasteiger charge is -2.28. The quantitative estimate of drug-likeness (QED) is 0.823. The summed E-state index contributed by atoms with van der Waals surface area (Å²) in [5, 5.41) is 11.8. The number of likely N-dealkylation sites (N-methyl/N-ethyl adjacent to an activating group) is 1. The number of nitrogens with one attached hydrogen (secondary N) is 1. The van der Waals surface area contributed by atoms with Gasteiger partial charge in [0.15, 0.2) is 0 Å². The highest BCUT2D eigenvalue weighted by atomic mass is 19.4. The number of carboxylic acid groups (broad SMARTS) is 1. The first-order valence-corrected chi connectivity index (χ1v) is 8.81. The van der Waals surface area contributed by atoms with Crippen LogP contribution in [0.5, 0.6) is 0 Å². The predicted molar refractivity (Wildman–Crippen MR) is 99.1 cm³/mol. The second-order valence-electron chi connectivity index (χ2n) is 6.71. The van der Waals surface area contributed by atoms with E-state index in [1.807, 2.05) is 6.92 Å². The van der Waals surface area contributed by atoms with Crippen molar-refractivity contribution in [2.24, 2.45) is 0 Å². The highest BCUT2D eigenvalue weighted by Gasteiger charge is 2.38. The molecule has 3 rings (SSSR count). The molecule has 1 aliphatic heterocycles. The summed E-state index contributed by atoms with van der Waals surface area (Å²) < 4.78 is 37.2. The molecule has 1 aliphatic rings. The number of aryl methyl sites for hydroxylation is 1. The third-order valence-electron chi connectivity index (χ3n) is 4.12. The number of rotatable bonds is 4. The minimum absolute atomic E-state index is 0.438. The van der Waals surface area contributed by atoms with Gasteiger partial charge in [-0.2, -0.15) is 13.2 Å². The van der Waals surface area contributed by atoms with Crippen molar-refractivity contribution in [2.75, 3.05) is 33.4 Å². The number of ether oxygens (including phenoxy) is 1. The zero-order chi connectivity index (χ0) is 20.7. The van der Waals surface area contributed by atoms with Gasteiger partial charge in [-0.05, 0) is 37.7 Å². The lowest BCUT2D eigenvalue weighted by molar-refractivity contribution is -0.192. The van der Waals surface area contributed by atoms with Crippen LogP contribution in [0.1, 0.15) is 11.3 Å². The maximum atomic E-state index is 10.6. The molecule has 28 heavy (non-hydrogen) atoms. The van der Waals surface area contributed by atoms with Crippen LogP contribution in [0.25, 0.3) is 10.9 Å². The van der Waals surface area contributed by atoms with Crippen LogP contribution >= 0.6 is 0 Å². The van der Waals surface area contributed by atoms with Crippen molar-refractivity contribution < 1.29 is 27.8 Å². The second-order valence-corrected chi connectivity index (χ2v) is 6.71. The molecule has 2 aromatic rings. The van der Waals surface area contributed by atoms with Gasteiger partial charge >= 0.3 is 12.1 Å². The summed E-state index contributed by atoms with van der Waals surface area (Å²) in [5.74, 6) is -2.76. The largest absolute Gasteiger partial charge is 0.490 e. The Hall–Kier alpha value is -2.23. The number of morpholine rings is 1. The Labute approximate surface area is 161 Å². The molecule has 1 fully saturated rings. The summed E-state index contributed by atoms with van der Waals surface area (Å²) in [6.45, 7) is 6.58. The lowest BCUT2D eigenvalue weighted by Crippen LogP contribution is -2.47. The monoisotopic (exact) mass is 399 g/mol. The van der Waals surface area contributed by atoms with E-state index >= 15 is 0 Å². The van der Waals surface area contributed by atoms with Crippen molar-refractivity contribution in [3.63, 3.8) is 0 Å². The molecule has 1 aromatic carbocycles. The molecular formula is C19H24F3N3O3. The van der Waals surface area contributed by atoms with Crippen LogP contribution < -0.4 is 5.32 Å². The predicted octanol–water partition coefficient (Wildman–Crippen LogP) is 2.60. The first-order valence-electron chi connectivity index (χ1n) is 8.81. The molecule has 0 spiro atoms. The number of nitrogens with zero attached hydrogens (tertiary/aromatic N) is 2. The number of aromatic nitrogens is 1. The summed E-state index contributed by atoms with van der Waals surface area (Å²) in [5.41, 5.74) is 3.46. The fraction of sp³-hybridized carbons (Fsp3) is 0.474. The maximum Gasteiger partial charge on any atom is 0.490 e. The molecule has 1 aromatic heterocycles. The number of carboxylic acids is 1. The fourth-order valence-corrected chi connectivity index (χ4v) is 2.86. The average molecular weight is 399 g/mol. The molecule has 2 N–H and O–H groups in total. The second kappa shape index (κ2) is 9.81. The van der Waals surface area contributed by atoms with E-state index in [1.165, 1.54) is 10.9 Å². The molecule has 1 saturated heterocycles. The van der Waals surface area contributed by atoms with Gasteiger partial charge in [0, 0.05) is 36.8 Å². The van der Waals surface area contributed by atoms with Gasteiger partial charge in [0.05, 0.1) is 18.7 Å². The van der Waals surface area contributed by atoms with Crippen molar-refractivity contribution >= 4 is 16.9 Å². The molecule has 9 heteroatoms. The van der Waals surface area contributed by atoms with Crippen molar-refractivity contribution in [3.05, 3.63) is 41.6 Å². The number of aliphatic carboxylic acids is 1. The van der Waals surface area contributed by atoms with Gasteiger partial charge in [0.25, 0.3) is 0 Å². The van der Waals surface area contributed by atoms with E-state index in [1.54, 1.807) is 0 Å². The summed E-state index contributed by atoms with van der Waals surface area (Å²) in [4.78, 5) is 15.8. The van der Waals surface area contributed by atoms with Crippen LogP contribution in [0, 0.1) is 6.92 Å². The molecule has 0 bridgehead atoms. The van der Waals surface area contributed by atoms with Gasteiger partial charge in [-0.25, -0.2) is 4.79 Å². The van der Waals surface area contributed by atoms with E-state index in [4.69, 9.17) is 14.6 Å². The highest BCUT2D eigenvalue weighted by Crippen LogP contribution is 2.16. The Bertz CT molecular complexity index is 793. The number of hydrogen-bond donors (Lipinski definition) is 2. The molecular weight excluding hydrogens is 375 g/mol. The summed E-state index contributed by atoms with van der Waals surface area (Å²) >= 11 is 0. The third kappa shape index (κ3) is 7.06. The SMILES string of the molecule is Cc1ccc2cc(CN(C)CC3COCCN3)ccc2n1.O=C(O)C(F)(F)F. The molecule has 0 saturated carbocycles. The molecule has 0 aliphatic carbocycles. The topological polar surface area (TPSA) is 74.7 Å². The van der Waals surface area contributed by atoms with Crippen LogP contribution in [0.15, 0.2) is 30.3 Å². The minimum Gasteiger partial charge on any atom is -0.475 e. The normalized spacial score (nSPS) is 17.3. The molecule has 154 valence electrons. The van der Waals surface area contributed by atoms with E-state index in [2.05, 4.69) is 52.6 Å². The van der Waals surface area contributed by atoms with E-state index in [9.17, 15) is 13.2 Å². The zero-order valence-electron chi connectivity index (χ0n) is 15.8. The van der Waals surface area contributed by atoms with E-state index in [0.717, 1.165) is 44.1 Å². The zero-order valence-corrected chi connectivity index (χ0v) is 15.8. The number of carbonyl (C=O) groups is 1. The van der Waals surface area contributed by atoms with E-state index in [-0.39, 0.29) is 0 Å². The van der Waals surface area contributed by atoms with Gasteiger partial charge in [-0.15, -0.1) is 0 Å². The number of alkyl halides is 3. The van der Waals surface area contributed by atoms with Crippen LogP contribution in [0.3, 0.4) is 0 Å². The van der Waals surface area contributed by atoms with Gasteiger partial charge in [-0.1, -0.05) is 12.1 Å². The summed E-state index contributed by atoms with van der Waals surface area (Å²) in [6.07, 6.45) is -5.08. The standard InChI is InChI=1S/C17H23N3O.C2HF3O2/c1-13-3-5-15-9-14(4-6-17(15)19-13)10-20(2)11-16-12-21-8-7-18-16;3-2(4,5)1(6)7/h3-6,9,16,18H,7-8,10-12H2,1-2H3;(H,6,7). The van der Waals surface area contributed by atoms with Crippen LogP contribution in [0.2, 0.25) is 0 Å².